The van der Waals surface area contributed by atoms with Gasteiger partial charge in [0.15, 0.2) is 0 Å². The summed E-state index contributed by atoms with van der Waals surface area (Å²) in [5.74, 6) is 0.0664. The first-order valence-electron chi connectivity index (χ1n) is 9.68. The Bertz CT molecular complexity index is 771. The summed E-state index contributed by atoms with van der Waals surface area (Å²) in [6.07, 6.45) is 5.54. The molecule has 0 unspecified atom stereocenters. The lowest BCUT2D eigenvalue weighted by molar-refractivity contribution is -0.123. The second kappa shape index (κ2) is 9.69. The van der Waals surface area contributed by atoms with Gasteiger partial charge < -0.3 is 19.5 Å². The van der Waals surface area contributed by atoms with Crippen LogP contribution in [-0.2, 0) is 24.3 Å². The molecule has 1 saturated heterocycles. The normalized spacial score (nSPS) is 19.3. The van der Waals surface area contributed by atoms with Crippen LogP contribution in [-0.4, -0.2) is 64.8 Å². The Morgan fingerprint density at radius 3 is 2.61 bits per heavy atom. The van der Waals surface area contributed by atoms with Gasteiger partial charge in [-0.3, -0.25) is 4.79 Å². The molecule has 0 bridgehead atoms. The van der Waals surface area contributed by atoms with Gasteiger partial charge in [-0.25, -0.2) is 8.42 Å². The van der Waals surface area contributed by atoms with Crippen LogP contribution in [0.1, 0.15) is 32.1 Å². The van der Waals surface area contributed by atoms with Gasteiger partial charge in [0.2, 0.25) is 15.9 Å². The Hall–Kier alpha value is -1.68. The molecule has 28 heavy (non-hydrogen) atoms. The fourth-order valence-electron chi connectivity index (χ4n) is 3.49. The van der Waals surface area contributed by atoms with Crippen LogP contribution in [0, 0.1) is 0 Å². The highest BCUT2D eigenvalue weighted by molar-refractivity contribution is 7.89. The lowest BCUT2D eigenvalue weighted by atomic mass is 9.98. The summed E-state index contributed by atoms with van der Waals surface area (Å²) in [6, 6.07) is 4.46. The molecular formula is C19H28N2O6S. The molecule has 0 radical (unpaired) electrons. The quantitative estimate of drug-likeness (QED) is 0.736. The SMILES string of the molecule is COc1ccc(S(=O)(=O)N2CCOCC2)cc1NC(=O)COC1CCCCC1. The first-order valence-corrected chi connectivity index (χ1v) is 11.1. The van der Waals surface area contributed by atoms with E-state index in [9.17, 15) is 13.2 Å². The summed E-state index contributed by atoms with van der Waals surface area (Å²) in [7, 11) is -2.19. The molecule has 0 atom stereocenters. The number of nitrogens with zero attached hydrogens (tertiary/aromatic N) is 1. The third-order valence-corrected chi connectivity index (χ3v) is 6.95. The molecule has 1 aliphatic carbocycles. The molecule has 1 N–H and O–H groups in total. The third kappa shape index (κ3) is 5.22. The summed E-state index contributed by atoms with van der Waals surface area (Å²) >= 11 is 0. The first kappa shape index (κ1) is 21.0. The highest BCUT2D eigenvalue weighted by Crippen LogP contribution is 2.29. The van der Waals surface area contributed by atoms with Crippen LogP contribution < -0.4 is 10.1 Å². The molecule has 1 aromatic carbocycles. The van der Waals surface area contributed by atoms with Crippen molar-refractivity contribution >= 4 is 21.6 Å². The molecule has 2 aliphatic rings. The maximum atomic E-state index is 12.8. The number of carbonyl (C=O) groups excluding carboxylic acids is 1. The van der Waals surface area contributed by atoms with Gasteiger partial charge in [0.25, 0.3) is 0 Å². The average Bonchev–Trinajstić information content (AvgIpc) is 2.73. The van der Waals surface area contributed by atoms with Crippen molar-refractivity contribution in [3.05, 3.63) is 18.2 Å². The number of amides is 1. The van der Waals surface area contributed by atoms with Crippen molar-refractivity contribution in [2.45, 2.75) is 43.1 Å². The maximum Gasteiger partial charge on any atom is 0.250 e. The van der Waals surface area contributed by atoms with Crippen molar-refractivity contribution in [1.82, 2.24) is 4.31 Å². The van der Waals surface area contributed by atoms with Gasteiger partial charge in [0, 0.05) is 13.1 Å². The van der Waals surface area contributed by atoms with Crippen LogP contribution in [0.4, 0.5) is 5.69 Å². The number of benzene rings is 1. The van der Waals surface area contributed by atoms with E-state index < -0.39 is 10.0 Å². The van der Waals surface area contributed by atoms with Crippen LogP contribution in [0.3, 0.4) is 0 Å². The van der Waals surface area contributed by atoms with E-state index in [1.165, 1.54) is 30.0 Å². The molecule has 0 aromatic heterocycles. The largest absolute Gasteiger partial charge is 0.495 e. The Balaban J connectivity index is 1.69. The number of methoxy groups -OCH3 is 1. The molecule has 1 aromatic rings. The van der Waals surface area contributed by atoms with Crippen molar-refractivity contribution < 1.29 is 27.4 Å². The fourth-order valence-corrected chi connectivity index (χ4v) is 4.93. The molecule has 9 heteroatoms. The van der Waals surface area contributed by atoms with Crippen molar-refractivity contribution in [2.24, 2.45) is 0 Å². The number of ether oxygens (including phenoxy) is 3. The minimum Gasteiger partial charge on any atom is -0.495 e. The second-order valence-electron chi connectivity index (χ2n) is 7.00. The van der Waals surface area contributed by atoms with Crippen LogP contribution in [0.2, 0.25) is 0 Å². The smallest absolute Gasteiger partial charge is 0.250 e. The number of morpholine rings is 1. The van der Waals surface area contributed by atoms with E-state index in [1.54, 1.807) is 6.07 Å². The Morgan fingerprint density at radius 2 is 1.93 bits per heavy atom. The molecular weight excluding hydrogens is 384 g/mol. The topological polar surface area (TPSA) is 94.2 Å². The minimum atomic E-state index is -3.66. The summed E-state index contributed by atoms with van der Waals surface area (Å²) in [6.45, 7) is 1.31. The maximum absolute atomic E-state index is 12.8. The van der Waals surface area contributed by atoms with E-state index in [4.69, 9.17) is 14.2 Å². The van der Waals surface area contributed by atoms with Crippen molar-refractivity contribution in [1.29, 1.82) is 0 Å². The van der Waals surface area contributed by atoms with Gasteiger partial charge in [0.05, 0.1) is 37.0 Å². The zero-order chi connectivity index (χ0) is 20.0. The zero-order valence-corrected chi connectivity index (χ0v) is 17.0. The van der Waals surface area contributed by atoms with E-state index in [2.05, 4.69) is 5.32 Å². The number of carbonyl (C=O) groups is 1. The number of nitrogens with one attached hydrogen (secondary N) is 1. The molecule has 2 fully saturated rings. The first-order chi connectivity index (χ1) is 13.5. The van der Waals surface area contributed by atoms with Crippen molar-refractivity contribution in [3.63, 3.8) is 0 Å². The van der Waals surface area contributed by atoms with Crippen molar-refractivity contribution in [3.8, 4) is 5.75 Å². The van der Waals surface area contributed by atoms with Crippen LogP contribution >= 0.6 is 0 Å². The second-order valence-corrected chi connectivity index (χ2v) is 8.94. The zero-order valence-electron chi connectivity index (χ0n) is 16.2. The molecule has 0 spiro atoms. The minimum absolute atomic E-state index is 0.0612. The lowest BCUT2D eigenvalue weighted by Crippen LogP contribution is -2.40. The Kier molecular flexibility index (Phi) is 7.28. The van der Waals surface area contributed by atoms with Gasteiger partial charge >= 0.3 is 0 Å². The summed E-state index contributed by atoms with van der Waals surface area (Å²) in [4.78, 5) is 12.4. The van der Waals surface area contributed by atoms with E-state index >= 15 is 0 Å². The monoisotopic (exact) mass is 412 g/mol. The number of hydrogen-bond donors (Lipinski definition) is 1. The number of hydrogen-bond acceptors (Lipinski definition) is 6. The van der Waals surface area contributed by atoms with Gasteiger partial charge in [0.1, 0.15) is 12.4 Å². The molecule has 156 valence electrons. The summed E-state index contributed by atoms with van der Waals surface area (Å²) in [5.41, 5.74) is 0.314. The molecule has 3 rings (SSSR count). The lowest BCUT2D eigenvalue weighted by Gasteiger charge is -2.26. The van der Waals surface area contributed by atoms with Gasteiger partial charge in [-0.2, -0.15) is 4.31 Å². The van der Waals surface area contributed by atoms with Gasteiger partial charge in [-0.15, -0.1) is 0 Å². The summed E-state index contributed by atoms with van der Waals surface area (Å²) in [5, 5.41) is 2.72. The molecule has 1 aliphatic heterocycles. The van der Waals surface area contributed by atoms with Crippen molar-refractivity contribution in [2.75, 3.05) is 45.3 Å². The van der Waals surface area contributed by atoms with Crippen LogP contribution in [0.15, 0.2) is 23.1 Å². The molecule has 8 nitrogen and oxygen atoms in total. The van der Waals surface area contributed by atoms with E-state index in [1.807, 2.05) is 0 Å². The fraction of sp³-hybridized carbons (Fsp3) is 0.632. The van der Waals surface area contributed by atoms with Crippen LogP contribution in [0.5, 0.6) is 5.75 Å². The predicted octanol–water partition coefficient (Wildman–Crippen LogP) is 2.00. The van der Waals surface area contributed by atoms with E-state index in [0.29, 0.717) is 37.7 Å². The Morgan fingerprint density at radius 1 is 1.21 bits per heavy atom. The van der Waals surface area contributed by atoms with Crippen LogP contribution in [0.25, 0.3) is 0 Å². The third-order valence-electron chi connectivity index (χ3n) is 5.06. The summed E-state index contributed by atoms with van der Waals surface area (Å²) < 4.78 is 43.3. The number of rotatable bonds is 7. The predicted molar refractivity (Wildman–Crippen MR) is 104 cm³/mol. The highest BCUT2D eigenvalue weighted by atomic mass is 32.2. The average molecular weight is 413 g/mol. The molecule has 1 amide bonds. The van der Waals surface area contributed by atoms with Gasteiger partial charge in [-0.05, 0) is 31.0 Å². The molecule has 1 heterocycles. The van der Waals surface area contributed by atoms with Gasteiger partial charge in [-0.1, -0.05) is 19.3 Å². The highest BCUT2D eigenvalue weighted by Gasteiger charge is 2.27. The number of anilines is 1. The molecule has 1 saturated carbocycles. The van der Waals surface area contributed by atoms with E-state index in [0.717, 1.165) is 25.7 Å². The standard InChI is InChI=1S/C19H28N2O6S/c1-25-18-8-7-16(28(23,24)21-9-11-26-12-10-21)13-17(18)20-19(22)14-27-15-5-3-2-4-6-15/h7-8,13,15H,2-6,9-12,14H2,1H3,(H,20,22). The van der Waals surface area contributed by atoms with E-state index in [-0.39, 0.29) is 23.5 Å². The Labute approximate surface area is 166 Å². The number of sulfonamides is 1.